The number of amides is 3. The topological polar surface area (TPSA) is 82.2 Å². The second kappa shape index (κ2) is 9.98. The van der Waals surface area contributed by atoms with Crippen LogP contribution < -0.4 is 19.9 Å². The van der Waals surface area contributed by atoms with Gasteiger partial charge in [-0.15, -0.1) is 0 Å². The number of nitrogens with one attached hydrogen (secondary N) is 1. The van der Waals surface area contributed by atoms with Crippen LogP contribution in [0.4, 0.5) is 17.1 Å². The molecule has 3 amide bonds. The van der Waals surface area contributed by atoms with E-state index >= 15 is 0 Å². The predicted octanol–water partition coefficient (Wildman–Crippen LogP) is 3.67. The minimum Gasteiger partial charge on any atom is -0.497 e. The third-order valence-corrected chi connectivity index (χ3v) is 7.17. The van der Waals surface area contributed by atoms with Crippen molar-refractivity contribution in [1.29, 1.82) is 0 Å². The predicted molar refractivity (Wildman–Crippen MR) is 135 cm³/mol. The monoisotopic (exact) mass is 476 g/mol. The van der Waals surface area contributed by atoms with Crippen molar-refractivity contribution in [3.05, 3.63) is 48.0 Å². The summed E-state index contributed by atoms with van der Waals surface area (Å²) < 4.78 is 5.24. The van der Waals surface area contributed by atoms with E-state index in [2.05, 4.69) is 10.2 Å². The molecule has 2 saturated heterocycles. The maximum Gasteiger partial charge on any atom is 0.253 e. The van der Waals surface area contributed by atoms with Crippen molar-refractivity contribution >= 4 is 34.8 Å². The van der Waals surface area contributed by atoms with Crippen molar-refractivity contribution in [2.75, 3.05) is 48.4 Å². The number of piperidine rings is 2. The molecule has 2 aromatic carbocycles. The van der Waals surface area contributed by atoms with Crippen LogP contribution in [-0.4, -0.2) is 62.0 Å². The third-order valence-electron chi connectivity index (χ3n) is 7.17. The maximum atomic E-state index is 13.6. The normalized spacial score (nSPS) is 19.6. The number of benzene rings is 2. The molecule has 0 unspecified atom stereocenters. The lowest BCUT2D eigenvalue weighted by Crippen LogP contribution is -2.56. The lowest BCUT2D eigenvalue weighted by Gasteiger charge is -2.45. The molecule has 5 rings (SSSR count). The number of likely N-dealkylation sites (tertiary alicyclic amines) is 1. The number of carbonyl (C=O) groups is 3. The lowest BCUT2D eigenvalue weighted by molar-refractivity contribution is -0.123. The first-order valence-electron chi connectivity index (χ1n) is 12.5. The zero-order valence-corrected chi connectivity index (χ0v) is 20.2. The van der Waals surface area contributed by atoms with Crippen LogP contribution in [0.15, 0.2) is 42.5 Å². The number of hydrogen-bond acceptors (Lipinski definition) is 5. The molecule has 8 nitrogen and oxygen atoms in total. The SMILES string of the molecule is COc1cccc(NC(=O)CN2C(=O)[C@@H]3CCCCN3c3ccc(C(=O)N4CCCCC4)cc32)c1. The number of anilines is 3. The third kappa shape index (κ3) is 4.70. The van der Waals surface area contributed by atoms with E-state index in [0.29, 0.717) is 22.7 Å². The van der Waals surface area contributed by atoms with Crippen LogP contribution in [0.1, 0.15) is 48.9 Å². The standard InChI is InChI=1S/C27H32N4O4/c1-35-21-9-7-8-20(17-21)28-25(32)18-31-24-16-19(26(33)29-13-4-2-5-14-29)11-12-22(24)30-15-6-3-10-23(30)27(31)34/h7-9,11-12,16-17,23H,2-6,10,13-15,18H2,1H3,(H,28,32)/t23-/m0/s1. The first-order chi connectivity index (χ1) is 17.0. The van der Waals surface area contributed by atoms with Gasteiger partial charge in [0.25, 0.3) is 5.91 Å². The van der Waals surface area contributed by atoms with Gasteiger partial charge in [0.2, 0.25) is 11.8 Å². The van der Waals surface area contributed by atoms with E-state index in [1.54, 1.807) is 42.3 Å². The summed E-state index contributed by atoms with van der Waals surface area (Å²) in [5.41, 5.74) is 2.72. The Hall–Kier alpha value is -3.55. The quantitative estimate of drug-likeness (QED) is 0.712. The van der Waals surface area contributed by atoms with E-state index in [4.69, 9.17) is 4.74 Å². The Bertz CT molecular complexity index is 1130. The molecule has 8 heteroatoms. The summed E-state index contributed by atoms with van der Waals surface area (Å²) in [6, 6.07) is 12.5. The van der Waals surface area contributed by atoms with Crippen LogP contribution in [0.2, 0.25) is 0 Å². The van der Waals surface area contributed by atoms with E-state index in [-0.39, 0.29) is 30.3 Å². The summed E-state index contributed by atoms with van der Waals surface area (Å²) in [5, 5.41) is 2.87. The Labute approximate surface area is 205 Å². The number of hydrogen-bond donors (Lipinski definition) is 1. The minimum atomic E-state index is -0.297. The van der Waals surface area contributed by atoms with Crippen LogP contribution in [0, 0.1) is 0 Å². The Morgan fingerprint density at radius 1 is 0.971 bits per heavy atom. The van der Waals surface area contributed by atoms with Crippen LogP contribution >= 0.6 is 0 Å². The molecule has 2 aromatic rings. The molecule has 1 N–H and O–H groups in total. The summed E-state index contributed by atoms with van der Waals surface area (Å²) in [6.07, 6.45) is 5.95. The van der Waals surface area contributed by atoms with Gasteiger partial charge < -0.3 is 19.9 Å². The first-order valence-corrected chi connectivity index (χ1v) is 12.5. The summed E-state index contributed by atoms with van der Waals surface area (Å²) in [5.74, 6) is 0.248. The summed E-state index contributed by atoms with van der Waals surface area (Å²) >= 11 is 0. The molecule has 0 bridgehead atoms. The Morgan fingerprint density at radius 3 is 2.57 bits per heavy atom. The fourth-order valence-electron chi connectivity index (χ4n) is 5.38. The number of fused-ring (bicyclic) bond motifs is 3. The van der Waals surface area contributed by atoms with Crippen molar-refractivity contribution < 1.29 is 19.1 Å². The van der Waals surface area contributed by atoms with Gasteiger partial charge in [-0.25, -0.2) is 0 Å². The molecular weight excluding hydrogens is 444 g/mol. The highest BCUT2D eigenvalue weighted by atomic mass is 16.5. The average molecular weight is 477 g/mol. The molecule has 0 saturated carbocycles. The van der Waals surface area contributed by atoms with Gasteiger partial charge in [-0.2, -0.15) is 0 Å². The van der Waals surface area contributed by atoms with E-state index in [9.17, 15) is 14.4 Å². The number of rotatable bonds is 5. The molecule has 0 aromatic heterocycles. The average Bonchev–Trinajstić information content (AvgIpc) is 2.91. The van der Waals surface area contributed by atoms with Gasteiger partial charge in [0.15, 0.2) is 0 Å². The zero-order valence-electron chi connectivity index (χ0n) is 20.2. The molecule has 0 aliphatic carbocycles. The highest BCUT2D eigenvalue weighted by Gasteiger charge is 2.40. The number of methoxy groups -OCH3 is 1. The van der Waals surface area contributed by atoms with Gasteiger partial charge in [0.1, 0.15) is 18.3 Å². The number of nitrogens with zero attached hydrogens (tertiary/aromatic N) is 3. The van der Waals surface area contributed by atoms with Crippen molar-refractivity contribution in [3.8, 4) is 5.75 Å². The molecule has 1 atom stereocenters. The fraction of sp³-hybridized carbons (Fsp3) is 0.444. The smallest absolute Gasteiger partial charge is 0.253 e. The van der Waals surface area contributed by atoms with Crippen LogP contribution in [0.3, 0.4) is 0 Å². The highest BCUT2D eigenvalue weighted by Crippen LogP contribution is 2.40. The van der Waals surface area contributed by atoms with Gasteiger partial charge in [0, 0.05) is 37.0 Å². The van der Waals surface area contributed by atoms with Crippen LogP contribution in [0.25, 0.3) is 0 Å². The Balaban J connectivity index is 1.44. The molecular formula is C27H32N4O4. The highest BCUT2D eigenvalue weighted by molar-refractivity contribution is 6.11. The Morgan fingerprint density at radius 2 is 1.77 bits per heavy atom. The largest absolute Gasteiger partial charge is 0.497 e. The van der Waals surface area contributed by atoms with Crippen LogP contribution in [-0.2, 0) is 9.59 Å². The lowest BCUT2D eigenvalue weighted by atomic mass is 9.95. The summed E-state index contributed by atoms with van der Waals surface area (Å²) in [6.45, 7) is 2.20. The van der Waals surface area contributed by atoms with Gasteiger partial charge in [0.05, 0.1) is 18.5 Å². The van der Waals surface area contributed by atoms with Gasteiger partial charge in [-0.1, -0.05) is 6.07 Å². The minimum absolute atomic E-state index is 0.0125. The van der Waals surface area contributed by atoms with Gasteiger partial charge in [-0.05, 0) is 68.9 Å². The van der Waals surface area contributed by atoms with E-state index in [0.717, 1.165) is 63.8 Å². The number of ether oxygens (including phenoxy) is 1. The molecule has 35 heavy (non-hydrogen) atoms. The van der Waals surface area contributed by atoms with E-state index in [1.807, 2.05) is 17.0 Å². The van der Waals surface area contributed by atoms with Crippen molar-refractivity contribution in [3.63, 3.8) is 0 Å². The second-order valence-corrected chi connectivity index (χ2v) is 9.47. The molecule has 3 heterocycles. The number of carbonyl (C=O) groups excluding carboxylic acids is 3. The van der Waals surface area contributed by atoms with Gasteiger partial charge >= 0.3 is 0 Å². The molecule has 2 fully saturated rings. The van der Waals surface area contributed by atoms with Crippen LogP contribution in [0.5, 0.6) is 5.75 Å². The van der Waals surface area contributed by atoms with Crippen molar-refractivity contribution in [2.45, 2.75) is 44.6 Å². The molecule has 3 aliphatic heterocycles. The molecule has 184 valence electrons. The van der Waals surface area contributed by atoms with Gasteiger partial charge in [-0.3, -0.25) is 19.3 Å². The van der Waals surface area contributed by atoms with Crippen molar-refractivity contribution in [2.24, 2.45) is 0 Å². The fourth-order valence-corrected chi connectivity index (χ4v) is 5.38. The molecule has 3 aliphatic rings. The van der Waals surface area contributed by atoms with E-state index < -0.39 is 0 Å². The maximum absolute atomic E-state index is 13.6. The Kier molecular flexibility index (Phi) is 6.61. The molecule has 0 radical (unpaired) electrons. The van der Waals surface area contributed by atoms with E-state index in [1.165, 1.54) is 0 Å². The second-order valence-electron chi connectivity index (χ2n) is 9.47. The molecule has 0 spiro atoms. The zero-order chi connectivity index (χ0) is 24.4. The summed E-state index contributed by atoms with van der Waals surface area (Å²) in [4.78, 5) is 45.4. The first kappa shape index (κ1) is 23.2. The summed E-state index contributed by atoms with van der Waals surface area (Å²) in [7, 11) is 1.57. The van der Waals surface area contributed by atoms with Crippen molar-refractivity contribution in [1.82, 2.24) is 4.90 Å².